The zero-order valence-electron chi connectivity index (χ0n) is 49.2. The van der Waals surface area contributed by atoms with E-state index in [2.05, 4.69) is 27.1 Å². The maximum absolute atomic E-state index is 9.35. The summed E-state index contributed by atoms with van der Waals surface area (Å²) in [6.07, 6.45) is -13.0. The third-order valence-electron chi connectivity index (χ3n) is 8.69. The van der Waals surface area contributed by atoms with Crippen molar-refractivity contribution in [2.75, 3.05) is 0 Å². The van der Waals surface area contributed by atoms with Crippen LogP contribution in [0.4, 0.5) is 0 Å². The molecule has 0 aliphatic heterocycles. The van der Waals surface area contributed by atoms with Crippen molar-refractivity contribution >= 4 is 22.1 Å². The maximum atomic E-state index is 9.35. The second-order valence-corrected chi connectivity index (χ2v) is 15.5. The van der Waals surface area contributed by atoms with Gasteiger partial charge in [0.2, 0.25) is 5.71 Å². The predicted octanol–water partition coefficient (Wildman–Crippen LogP) is 12.1. The van der Waals surface area contributed by atoms with Crippen LogP contribution in [-0.4, -0.2) is 15.0 Å². The Bertz CT molecular complexity index is 3240. The number of rotatable bonds is 4. The van der Waals surface area contributed by atoms with Gasteiger partial charge in [-0.3, -0.25) is 0 Å². The first-order valence-electron chi connectivity index (χ1n) is 26.7. The molecular formula is C50H51IrN3O-2. The Balaban J connectivity index is 0.000000274. The van der Waals surface area contributed by atoms with Crippen molar-refractivity contribution in [2.45, 2.75) is 93.5 Å². The van der Waals surface area contributed by atoms with Gasteiger partial charge >= 0.3 is 0 Å². The zero-order chi connectivity index (χ0) is 53.6. The van der Waals surface area contributed by atoms with Crippen LogP contribution in [0.1, 0.15) is 111 Å². The van der Waals surface area contributed by atoms with Gasteiger partial charge in [0.1, 0.15) is 0 Å². The Morgan fingerprint density at radius 3 is 1.96 bits per heavy atom. The van der Waals surface area contributed by atoms with Crippen LogP contribution >= 0.6 is 0 Å². The molecule has 0 bridgehead atoms. The van der Waals surface area contributed by atoms with Gasteiger partial charge in [0.05, 0.1) is 5.58 Å². The van der Waals surface area contributed by atoms with Crippen LogP contribution in [0, 0.1) is 42.1 Å². The van der Waals surface area contributed by atoms with Gasteiger partial charge in [0.25, 0.3) is 0 Å². The minimum atomic E-state index is -2.97. The van der Waals surface area contributed by atoms with Crippen LogP contribution in [0.2, 0.25) is 0 Å². The fraction of sp³-hybridized carbons (Fsp3) is 0.340. The number of nitrogens with zero attached hydrogens (tertiary/aromatic N) is 3. The van der Waals surface area contributed by atoms with Crippen molar-refractivity contribution in [1.29, 1.82) is 0 Å². The summed E-state index contributed by atoms with van der Waals surface area (Å²) >= 11 is 0. The molecule has 0 atom stereocenters. The van der Waals surface area contributed by atoms with Gasteiger partial charge in [-0.2, -0.15) is 0 Å². The van der Waals surface area contributed by atoms with Crippen LogP contribution in [0.5, 0.6) is 0 Å². The molecule has 4 aromatic heterocycles. The Morgan fingerprint density at radius 1 is 0.727 bits per heavy atom. The van der Waals surface area contributed by atoms with Crippen molar-refractivity contribution < 1.29 is 49.2 Å². The molecule has 0 saturated carbocycles. The molecule has 0 unspecified atom stereocenters. The van der Waals surface area contributed by atoms with Gasteiger partial charge in [0.15, 0.2) is 0 Å². The van der Waals surface area contributed by atoms with Crippen LogP contribution in [-0.2, 0) is 58.3 Å². The Hall–Kier alpha value is -4.44. The van der Waals surface area contributed by atoms with E-state index in [9.17, 15) is 5.48 Å². The van der Waals surface area contributed by atoms with Crippen molar-refractivity contribution in [2.24, 2.45) is 16.2 Å². The average Bonchev–Trinajstić information content (AvgIpc) is 3.77. The molecule has 0 N–H and O–H groups in total. The number of furan rings is 1. The molecule has 4 heterocycles. The van der Waals surface area contributed by atoms with E-state index >= 15 is 0 Å². The van der Waals surface area contributed by atoms with Crippen molar-refractivity contribution in [3.8, 4) is 22.5 Å². The molecule has 9 rings (SSSR count). The van der Waals surface area contributed by atoms with E-state index in [1.807, 2.05) is 18.2 Å². The molecule has 2 aliphatic carbocycles. The topological polar surface area (TPSA) is 51.8 Å². The molecule has 1 spiro atoms. The minimum absolute atomic E-state index is 0. The number of aromatic nitrogens is 3. The van der Waals surface area contributed by atoms with Crippen molar-refractivity contribution in [3.63, 3.8) is 0 Å². The average molecular weight is 920 g/mol. The Morgan fingerprint density at radius 2 is 1.35 bits per heavy atom. The molecule has 283 valence electrons. The Kier molecular flexibility index (Phi) is 6.05. The molecule has 7 aromatic rings. The molecular weight excluding hydrogens is 851 g/mol. The standard InChI is InChI=1S/C33H31N2O.C17H20N.Ir/c1-20-19-34-28(13-23(20)14-32(2,3)4)26-11-7-10-25-27-12-24-17-33(15-21-8-5-6-9-22(21)16-33)18-29(24)35-31(27)36-30(25)26;1-13-12-18-16(14-8-6-5-7-9-14)10-15(13)11-17(2,3)4;/h5-10,12-13,19H,14-18H2,1-4H3;5-8,10,12H,11H2,1-4H3;/q2*-1;/i1D3,14D2,15D2,16D2,17D2,18D2;1D3,11D2;. The first kappa shape index (κ1) is 22.3. The van der Waals surface area contributed by atoms with Gasteiger partial charge in [-0.1, -0.05) is 100 Å². The van der Waals surface area contributed by atoms with Crippen molar-refractivity contribution in [1.82, 2.24) is 15.0 Å². The number of fused-ring (bicyclic) bond motifs is 5. The summed E-state index contributed by atoms with van der Waals surface area (Å²) in [4.78, 5) is 13.0. The van der Waals surface area contributed by atoms with Crippen LogP contribution < -0.4 is 0 Å². The molecule has 2 aliphatic rings. The summed E-state index contributed by atoms with van der Waals surface area (Å²) in [6.45, 7) is 5.18. The summed E-state index contributed by atoms with van der Waals surface area (Å²) in [5.41, 5.74) is -4.22. The number of pyridine rings is 3. The second-order valence-electron chi connectivity index (χ2n) is 15.5. The van der Waals surface area contributed by atoms with E-state index in [0.717, 1.165) is 6.20 Å². The van der Waals surface area contributed by atoms with Crippen molar-refractivity contribution in [3.05, 3.63) is 148 Å². The Labute approximate surface area is 365 Å². The zero-order valence-corrected chi connectivity index (χ0v) is 33.6. The molecule has 4 nitrogen and oxygen atoms in total. The van der Waals surface area contributed by atoms with E-state index in [-0.39, 0.29) is 87.0 Å². The van der Waals surface area contributed by atoms with Crippen LogP contribution in [0.3, 0.4) is 0 Å². The second kappa shape index (κ2) is 14.9. The monoisotopic (exact) mass is 920 g/mol. The summed E-state index contributed by atoms with van der Waals surface area (Å²) in [5, 5.41) is 0.640. The fourth-order valence-corrected chi connectivity index (χ4v) is 6.48. The third-order valence-corrected chi connectivity index (χ3v) is 8.69. The largest absolute Gasteiger partial charge is 0.486 e. The minimum Gasteiger partial charge on any atom is -0.486 e. The van der Waals surface area contributed by atoms with Gasteiger partial charge in [0, 0.05) is 68.3 Å². The van der Waals surface area contributed by atoms with E-state index in [1.54, 1.807) is 59.7 Å². The summed E-state index contributed by atoms with van der Waals surface area (Å²) in [7, 11) is 0. The first-order valence-corrected chi connectivity index (χ1v) is 17.7. The number of benzene rings is 3. The molecule has 0 fully saturated rings. The molecule has 0 amide bonds. The van der Waals surface area contributed by atoms with Crippen LogP contribution in [0.15, 0.2) is 95.7 Å². The summed E-state index contributed by atoms with van der Waals surface area (Å²) in [5.74, 6) is 0. The van der Waals surface area contributed by atoms with Gasteiger partial charge in [-0.25, -0.2) is 4.98 Å². The van der Waals surface area contributed by atoms with Crippen LogP contribution in [0.25, 0.3) is 44.6 Å². The SMILES string of the molecule is [2H]C([2H])([2H])c1cnc(-c2[c-]ccc3c2oc2nc4c(cc23)C([2H])([2H])C2(C([2H])([2H])c3ccccc3C2([2H])[2H])C4([2H])[2H])cc1C([2H])([2H])C(C)(C)C.[2H]C([2H])([2H])c1cnc(-c2[c-]cccc2)cc1C([2H])([2H])C(C)(C)C.[Ir]. The smallest absolute Gasteiger partial charge is 0.216 e. The summed E-state index contributed by atoms with van der Waals surface area (Å²) in [6, 6.07) is 26.4. The summed E-state index contributed by atoms with van der Waals surface area (Å²) < 4.78 is 162. The first-order chi connectivity index (χ1) is 32.8. The van der Waals surface area contributed by atoms with Gasteiger partial charge < -0.3 is 14.4 Å². The fourth-order valence-electron chi connectivity index (χ4n) is 6.48. The van der Waals surface area contributed by atoms with E-state index in [0.29, 0.717) is 16.6 Å². The van der Waals surface area contributed by atoms with E-state index in [4.69, 9.17) is 23.6 Å². The molecule has 5 heteroatoms. The number of hydrogen-bond acceptors (Lipinski definition) is 4. The van der Waals surface area contributed by atoms with E-state index < -0.39 is 73.9 Å². The predicted molar refractivity (Wildman–Crippen MR) is 222 cm³/mol. The third kappa shape index (κ3) is 8.25. The molecule has 0 saturated heterocycles. The number of aryl methyl sites for hydroxylation is 2. The molecule has 1 radical (unpaired) electrons. The quantitative estimate of drug-likeness (QED) is 0.165. The van der Waals surface area contributed by atoms with Gasteiger partial charge in [-0.15, -0.1) is 54.1 Å². The normalized spacial score (nSPS) is 23.9. The molecule has 3 aromatic carbocycles. The molecule has 55 heavy (non-hydrogen) atoms. The van der Waals surface area contributed by atoms with Gasteiger partial charge in [-0.05, 0) is 113 Å². The number of hydrogen-bond donors (Lipinski definition) is 0. The maximum Gasteiger partial charge on any atom is 0.216 e. The van der Waals surface area contributed by atoms with E-state index in [1.165, 1.54) is 48.7 Å².